The van der Waals surface area contributed by atoms with Crippen LogP contribution in [0.2, 0.25) is 0 Å². The van der Waals surface area contributed by atoms with Crippen molar-refractivity contribution in [3.05, 3.63) is 0 Å². The minimum atomic E-state index is 0.654. The predicted molar refractivity (Wildman–Crippen MR) is 62.3 cm³/mol. The summed E-state index contributed by atoms with van der Waals surface area (Å²) in [6.45, 7) is 7.96. The van der Waals surface area contributed by atoms with Gasteiger partial charge in [-0.15, -0.1) is 0 Å². The van der Waals surface area contributed by atoms with Crippen LogP contribution in [0.4, 0.5) is 0 Å². The Morgan fingerprint density at radius 3 is 2.71 bits per heavy atom. The summed E-state index contributed by atoms with van der Waals surface area (Å²) in [5, 5.41) is 0. The third-order valence-corrected chi connectivity index (χ3v) is 3.42. The van der Waals surface area contributed by atoms with E-state index in [4.69, 9.17) is 5.73 Å². The van der Waals surface area contributed by atoms with Crippen LogP contribution >= 0.6 is 0 Å². The molecule has 0 saturated carbocycles. The van der Waals surface area contributed by atoms with E-state index in [1.807, 2.05) is 0 Å². The molecule has 2 N–H and O–H groups in total. The van der Waals surface area contributed by atoms with Crippen molar-refractivity contribution in [3.63, 3.8) is 0 Å². The maximum Gasteiger partial charge on any atom is 0.0218 e. The quantitative estimate of drug-likeness (QED) is 0.709. The van der Waals surface area contributed by atoms with Gasteiger partial charge in [0, 0.05) is 19.1 Å². The van der Waals surface area contributed by atoms with E-state index in [0.29, 0.717) is 6.04 Å². The van der Waals surface area contributed by atoms with Crippen molar-refractivity contribution in [2.75, 3.05) is 19.6 Å². The summed E-state index contributed by atoms with van der Waals surface area (Å²) in [5.41, 5.74) is 5.82. The molecule has 2 heteroatoms. The molecule has 1 fully saturated rings. The van der Waals surface area contributed by atoms with E-state index in [9.17, 15) is 0 Å². The molecule has 2 atom stereocenters. The van der Waals surface area contributed by atoms with Crippen LogP contribution in [0.15, 0.2) is 0 Å². The van der Waals surface area contributed by atoms with E-state index in [1.54, 1.807) is 0 Å². The molecule has 14 heavy (non-hydrogen) atoms. The monoisotopic (exact) mass is 198 g/mol. The summed E-state index contributed by atoms with van der Waals surface area (Å²) >= 11 is 0. The van der Waals surface area contributed by atoms with Gasteiger partial charge in [-0.05, 0) is 31.7 Å². The van der Waals surface area contributed by atoms with Crippen molar-refractivity contribution in [2.45, 2.75) is 52.0 Å². The van der Waals surface area contributed by atoms with Crippen molar-refractivity contribution in [1.82, 2.24) is 4.90 Å². The van der Waals surface area contributed by atoms with Crippen molar-refractivity contribution < 1.29 is 0 Å². The highest BCUT2D eigenvalue weighted by atomic mass is 15.2. The fraction of sp³-hybridized carbons (Fsp3) is 1.00. The Kier molecular flexibility index (Phi) is 5.49. The second-order valence-electron chi connectivity index (χ2n) is 4.62. The molecule has 2 nitrogen and oxygen atoms in total. The van der Waals surface area contributed by atoms with Gasteiger partial charge >= 0.3 is 0 Å². The molecule has 0 radical (unpaired) electrons. The van der Waals surface area contributed by atoms with E-state index in [2.05, 4.69) is 18.7 Å². The highest BCUT2D eigenvalue weighted by Gasteiger charge is 2.26. The van der Waals surface area contributed by atoms with E-state index in [-0.39, 0.29) is 0 Å². The first kappa shape index (κ1) is 12.0. The summed E-state index contributed by atoms with van der Waals surface area (Å²) in [4.78, 5) is 2.61. The Bertz CT molecular complexity index is 147. The van der Waals surface area contributed by atoms with Crippen molar-refractivity contribution in [3.8, 4) is 0 Å². The van der Waals surface area contributed by atoms with E-state index >= 15 is 0 Å². The van der Waals surface area contributed by atoms with Gasteiger partial charge in [0.15, 0.2) is 0 Å². The zero-order valence-corrected chi connectivity index (χ0v) is 9.84. The first-order chi connectivity index (χ1) is 6.81. The number of nitrogens with zero attached hydrogens (tertiary/aromatic N) is 1. The SMILES string of the molecule is CCCC1CCN(C(CN)CCC)C1. The lowest BCUT2D eigenvalue weighted by Crippen LogP contribution is -2.39. The second-order valence-corrected chi connectivity index (χ2v) is 4.62. The average Bonchev–Trinajstić information content (AvgIpc) is 2.63. The van der Waals surface area contributed by atoms with Crippen LogP contribution < -0.4 is 5.73 Å². The summed E-state index contributed by atoms with van der Waals surface area (Å²) in [7, 11) is 0. The fourth-order valence-electron chi connectivity index (χ4n) is 2.62. The molecule has 1 rings (SSSR count). The van der Waals surface area contributed by atoms with Gasteiger partial charge in [-0.3, -0.25) is 4.90 Å². The lowest BCUT2D eigenvalue weighted by Gasteiger charge is -2.26. The summed E-state index contributed by atoms with van der Waals surface area (Å²) in [5.74, 6) is 0.950. The Balaban J connectivity index is 2.31. The lowest BCUT2D eigenvalue weighted by molar-refractivity contribution is 0.224. The van der Waals surface area contributed by atoms with Gasteiger partial charge in [0.2, 0.25) is 0 Å². The summed E-state index contributed by atoms with van der Waals surface area (Å²) < 4.78 is 0. The van der Waals surface area contributed by atoms with Gasteiger partial charge < -0.3 is 5.73 Å². The number of hydrogen-bond acceptors (Lipinski definition) is 2. The van der Waals surface area contributed by atoms with Crippen LogP contribution in [0.25, 0.3) is 0 Å². The van der Waals surface area contributed by atoms with Gasteiger partial charge in [0.25, 0.3) is 0 Å². The minimum absolute atomic E-state index is 0.654. The van der Waals surface area contributed by atoms with Gasteiger partial charge in [-0.25, -0.2) is 0 Å². The summed E-state index contributed by atoms with van der Waals surface area (Å²) in [6, 6.07) is 0.654. The van der Waals surface area contributed by atoms with E-state index in [0.717, 1.165) is 12.5 Å². The van der Waals surface area contributed by atoms with Crippen LogP contribution in [0, 0.1) is 5.92 Å². The molecule has 0 amide bonds. The van der Waals surface area contributed by atoms with Crippen LogP contribution in [0.1, 0.15) is 46.0 Å². The van der Waals surface area contributed by atoms with Crippen LogP contribution in [0.3, 0.4) is 0 Å². The zero-order valence-electron chi connectivity index (χ0n) is 9.84. The predicted octanol–water partition coefficient (Wildman–Crippen LogP) is 2.24. The maximum absolute atomic E-state index is 5.82. The Morgan fingerprint density at radius 2 is 2.14 bits per heavy atom. The molecule has 1 saturated heterocycles. The Hall–Kier alpha value is -0.0800. The number of rotatable bonds is 6. The highest BCUT2D eigenvalue weighted by molar-refractivity contribution is 4.81. The molecule has 0 aliphatic carbocycles. The third kappa shape index (κ3) is 3.25. The van der Waals surface area contributed by atoms with E-state index < -0.39 is 0 Å². The zero-order chi connectivity index (χ0) is 10.4. The molecule has 1 aliphatic heterocycles. The molecule has 2 unspecified atom stereocenters. The van der Waals surface area contributed by atoms with Crippen molar-refractivity contribution in [2.24, 2.45) is 11.7 Å². The lowest BCUT2D eigenvalue weighted by atomic mass is 10.0. The topological polar surface area (TPSA) is 29.3 Å². The molecule has 0 bridgehead atoms. The van der Waals surface area contributed by atoms with Gasteiger partial charge in [0.1, 0.15) is 0 Å². The largest absolute Gasteiger partial charge is 0.329 e. The molecule has 1 heterocycles. The second kappa shape index (κ2) is 6.41. The maximum atomic E-state index is 5.82. The van der Waals surface area contributed by atoms with Gasteiger partial charge in [-0.1, -0.05) is 26.7 Å². The number of nitrogens with two attached hydrogens (primary N) is 1. The van der Waals surface area contributed by atoms with Crippen molar-refractivity contribution >= 4 is 0 Å². The molecule has 0 aromatic heterocycles. The number of hydrogen-bond donors (Lipinski definition) is 1. The fourth-order valence-corrected chi connectivity index (χ4v) is 2.62. The smallest absolute Gasteiger partial charge is 0.0218 e. The van der Waals surface area contributed by atoms with E-state index in [1.165, 1.54) is 45.2 Å². The van der Waals surface area contributed by atoms with Crippen molar-refractivity contribution in [1.29, 1.82) is 0 Å². The van der Waals surface area contributed by atoms with Crippen LogP contribution in [-0.4, -0.2) is 30.6 Å². The molecular weight excluding hydrogens is 172 g/mol. The molecule has 0 aromatic rings. The molecule has 0 aromatic carbocycles. The normalized spacial score (nSPS) is 25.5. The van der Waals surface area contributed by atoms with Crippen LogP contribution in [-0.2, 0) is 0 Å². The molecule has 1 aliphatic rings. The standard InChI is InChI=1S/C12H26N2/c1-3-5-11-7-8-14(10-11)12(9-13)6-4-2/h11-12H,3-10,13H2,1-2H3. The van der Waals surface area contributed by atoms with Gasteiger partial charge in [0.05, 0.1) is 0 Å². The Morgan fingerprint density at radius 1 is 1.36 bits per heavy atom. The number of likely N-dealkylation sites (tertiary alicyclic amines) is 1. The molecule has 84 valence electrons. The van der Waals surface area contributed by atoms with Crippen LogP contribution in [0.5, 0.6) is 0 Å². The van der Waals surface area contributed by atoms with Gasteiger partial charge in [-0.2, -0.15) is 0 Å². The molecular formula is C12H26N2. The first-order valence-corrected chi connectivity index (χ1v) is 6.25. The summed E-state index contributed by atoms with van der Waals surface area (Å²) in [6.07, 6.45) is 6.67. The Labute approximate surface area is 88.8 Å². The minimum Gasteiger partial charge on any atom is -0.329 e. The molecule has 0 spiro atoms. The third-order valence-electron chi connectivity index (χ3n) is 3.42. The first-order valence-electron chi connectivity index (χ1n) is 6.25. The average molecular weight is 198 g/mol. The highest BCUT2D eigenvalue weighted by Crippen LogP contribution is 2.23.